The molecule has 0 saturated heterocycles. The monoisotopic (exact) mass is 210 g/mol. The van der Waals surface area contributed by atoms with Crippen molar-refractivity contribution in [2.24, 2.45) is 0 Å². The van der Waals surface area contributed by atoms with Gasteiger partial charge in [-0.2, -0.15) is 13.2 Å². The van der Waals surface area contributed by atoms with E-state index in [2.05, 4.69) is 4.74 Å². The average molecular weight is 210 g/mol. The molecule has 82 valence electrons. The van der Waals surface area contributed by atoms with Gasteiger partial charge in [0, 0.05) is 6.42 Å². The molecule has 0 N–H and O–H groups in total. The van der Waals surface area contributed by atoms with Gasteiger partial charge in [-0.25, -0.2) is 0 Å². The standard InChI is InChI=1S/C9H13F3O2/c1-7(2)5-8(13)3-4-14-6-9(10,11)12/h5H,3-4,6H2,1-2H3. The molecule has 0 spiro atoms. The third kappa shape index (κ3) is 9.25. The van der Waals surface area contributed by atoms with Crippen LogP contribution in [0.5, 0.6) is 0 Å². The molecule has 0 unspecified atom stereocenters. The van der Waals surface area contributed by atoms with Crippen LogP contribution in [0.2, 0.25) is 0 Å². The number of ether oxygens (including phenoxy) is 1. The molecule has 0 atom stereocenters. The van der Waals surface area contributed by atoms with E-state index >= 15 is 0 Å². The second-order valence-corrected chi connectivity index (χ2v) is 3.11. The topological polar surface area (TPSA) is 26.3 Å². The molecule has 5 heteroatoms. The van der Waals surface area contributed by atoms with Crippen LogP contribution < -0.4 is 0 Å². The first-order valence-electron chi connectivity index (χ1n) is 4.13. The Morgan fingerprint density at radius 3 is 2.36 bits per heavy atom. The highest BCUT2D eigenvalue weighted by Crippen LogP contribution is 2.14. The molecular formula is C9H13F3O2. The van der Waals surface area contributed by atoms with Gasteiger partial charge in [-0.05, 0) is 19.9 Å². The summed E-state index contributed by atoms with van der Waals surface area (Å²) in [6.45, 7) is 2.00. The molecule has 0 bridgehead atoms. The number of hydrogen-bond donors (Lipinski definition) is 0. The molecule has 0 heterocycles. The van der Waals surface area contributed by atoms with Crippen LogP contribution in [-0.2, 0) is 9.53 Å². The molecule has 0 amide bonds. The minimum Gasteiger partial charge on any atom is -0.372 e. The van der Waals surface area contributed by atoms with Crippen molar-refractivity contribution >= 4 is 5.78 Å². The van der Waals surface area contributed by atoms with Crippen LogP contribution >= 0.6 is 0 Å². The van der Waals surface area contributed by atoms with E-state index in [4.69, 9.17) is 0 Å². The van der Waals surface area contributed by atoms with Crippen molar-refractivity contribution in [3.63, 3.8) is 0 Å². The van der Waals surface area contributed by atoms with Crippen LogP contribution in [0.1, 0.15) is 20.3 Å². The molecule has 0 aromatic carbocycles. The number of halogens is 3. The number of ketones is 1. The molecule has 2 nitrogen and oxygen atoms in total. The Morgan fingerprint density at radius 2 is 1.93 bits per heavy atom. The van der Waals surface area contributed by atoms with Crippen molar-refractivity contribution < 1.29 is 22.7 Å². The van der Waals surface area contributed by atoms with E-state index in [1.807, 2.05) is 0 Å². The fourth-order valence-corrected chi connectivity index (χ4v) is 0.755. The van der Waals surface area contributed by atoms with E-state index in [9.17, 15) is 18.0 Å². The Labute approximate surface area is 80.7 Å². The van der Waals surface area contributed by atoms with Gasteiger partial charge in [0.2, 0.25) is 0 Å². The maximum atomic E-state index is 11.6. The number of allylic oxidation sites excluding steroid dienone is 2. The van der Waals surface area contributed by atoms with Gasteiger partial charge in [-0.3, -0.25) is 4.79 Å². The van der Waals surface area contributed by atoms with Crippen molar-refractivity contribution in [2.75, 3.05) is 13.2 Å². The highest BCUT2D eigenvalue weighted by molar-refractivity contribution is 5.90. The Bertz CT molecular complexity index is 215. The first-order valence-corrected chi connectivity index (χ1v) is 4.13. The fraction of sp³-hybridized carbons (Fsp3) is 0.667. The van der Waals surface area contributed by atoms with Crippen molar-refractivity contribution in [3.8, 4) is 0 Å². The van der Waals surface area contributed by atoms with E-state index in [-0.39, 0.29) is 18.8 Å². The Morgan fingerprint density at radius 1 is 1.36 bits per heavy atom. The van der Waals surface area contributed by atoms with E-state index in [1.165, 1.54) is 6.08 Å². The van der Waals surface area contributed by atoms with Gasteiger partial charge in [0.05, 0.1) is 6.61 Å². The predicted molar refractivity (Wildman–Crippen MR) is 45.9 cm³/mol. The molecule has 14 heavy (non-hydrogen) atoms. The van der Waals surface area contributed by atoms with Gasteiger partial charge in [0.15, 0.2) is 5.78 Å². The maximum Gasteiger partial charge on any atom is 0.411 e. The summed E-state index contributed by atoms with van der Waals surface area (Å²) in [4.78, 5) is 10.9. The number of carbonyl (C=O) groups is 1. The van der Waals surface area contributed by atoms with Gasteiger partial charge in [0.1, 0.15) is 6.61 Å². The summed E-state index contributed by atoms with van der Waals surface area (Å²) in [5.74, 6) is -0.216. The highest BCUT2D eigenvalue weighted by Gasteiger charge is 2.27. The van der Waals surface area contributed by atoms with Crippen molar-refractivity contribution in [2.45, 2.75) is 26.4 Å². The second kappa shape index (κ2) is 5.80. The van der Waals surface area contributed by atoms with Gasteiger partial charge in [0.25, 0.3) is 0 Å². The lowest BCUT2D eigenvalue weighted by molar-refractivity contribution is -0.174. The lowest BCUT2D eigenvalue weighted by atomic mass is 10.2. The van der Waals surface area contributed by atoms with E-state index in [0.717, 1.165) is 5.57 Å². The summed E-state index contributed by atoms with van der Waals surface area (Å²) in [5, 5.41) is 0. The third-order valence-electron chi connectivity index (χ3n) is 1.21. The smallest absolute Gasteiger partial charge is 0.372 e. The van der Waals surface area contributed by atoms with Gasteiger partial charge >= 0.3 is 6.18 Å². The summed E-state index contributed by atoms with van der Waals surface area (Å²) < 4.78 is 39.0. The largest absolute Gasteiger partial charge is 0.411 e. The second-order valence-electron chi connectivity index (χ2n) is 3.11. The van der Waals surface area contributed by atoms with Crippen LogP contribution in [0.3, 0.4) is 0 Å². The predicted octanol–water partition coefficient (Wildman–Crippen LogP) is 2.49. The minimum atomic E-state index is -4.32. The zero-order chi connectivity index (χ0) is 11.2. The van der Waals surface area contributed by atoms with Crippen molar-refractivity contribution in [1.82, 2.24) is 0 Å². The number of carbonyl (C=O) groups excluding carboxylic acids is 1. The third-order valence-corrected chi connectivity index (χ3v) is 1.21. The Hall–Kier alpha value is -0.840. The van der Waals surface area contributed by atoms with Crippen molar-refractivity contribution in [1.29, 1.82) is 0 Å². The lowest BCUT2D eigenvalue weighted by Gasteiger charge is -2.06. The highest BCUT2D eigenvalue weighted by atomic mass is 19.4. The van der Waals surface area contributed by atoms with Crippen LogP contribution in [0.4, 0.5) is 13.2 Å². The quantitative estimate of drug-likeness (QED) is 0.514. The normalized spacial score (nSPS) is 11.2. The minimum absolute atomic E-state index is 0.0126. The average Bonchev–Trinajstić information content (AvgIpc) is 1.95. The fourth-order valence-electron chi connectivity index (χ4n) is 0.755. The molecule has 0 aromatic heterocycles. The first-order chi connectivity index (χ1) is 6.31. The summed E-state index contributed by atoms with van der Waals surface area (Å²) in [5.41, 5.74) is 0.825. The van der Waals surface area contributed by atoms with Crippen LogP contribution in [-0.4, -0.2) is 25.2 Å². The molecule has 0 fully saturated rings. The molecule has 0 aliphatic rings. The number of alkyl halides is 3. The van der Waals surface area contributed by atoms with Crippen LogP contribution in [0.25, 0.3) is 0 Å². The zero-order valence-corrected chi connectivity index (χ0v) is 8.15. The summed E-state index contributed by atoms with van der Waals surface area (Å²) in [7, 11) is 0. The van der Waals surface area contributed by atoms with E-state index in [1.54, 1.807) is 13.8 Å². The number of rotatable bonds is 5. The van der Waals surface area contributed by atoms with Crippen LogP contribution in [0, 0.1) is 0 Å². The maximum absolute atomic E-state index is 11.6. The van der Waals surface area contributed by atoms with Gasteiger partial charge in [-0.15, -0.1) is 0 Å². The van der Waals surface area contributed by atoms with Crippen molar-refractivity contribution in [3.05, 3.63) is 11.6 Å². The SMILES string of the molecule is CC(C)=CC(=O)CCOCC(F)(F)F. The van der Waals surface area contributed by atoms with Gasteiger partial charge in [-0.1, -0.05) is 5.57 Å². The summed E-state index contributed by atoms with van der Waals surface area (Å²) in [6, 6.07) is 0. The molecular weight excluding hydrogens is 197 g/mol. The molecule has 0 aliphatic heterocycles. The molecule has 0 rings (SSSR count). The van der Waals surface area contributed by atoms with E-state index in [0.29, 0.717) is 0 Å². The Balaban J connectivity index is 3.56. The first kappa shape index (κ1) is 13.2. The summed E-state index contributed by atoms with van der Waals surface area (Å²) >= 11 is 0. The zero-order valence-electron chi connectivity index (χ0n) is 8.15. The molecule has 0 saturated carbocycles. The Kier molecular flexibility index (Phi) is 5.45. The van der Waals surface area contributed by atoms with E-state index < -0.39 is 12.8 Å². The lowest BCUT2D eigenvalue weighted by Crippen LogP contribution is -2.18. The number of hydrogen-bond acceptors (Lipinski definition) is 2. The molecule has 0 aromatic rings. The molecule has 0 aliphatic carbocycles. The van der Waals surface area contributed by atoms with Crippen LogP contribution in [0.15, 0.2) is 11.6 Å². The van der Waals surface area contributed by atoms with Gasteiger partial charge < -0.3 is 4.74 Å². The summed E-state index contributed by atoms with van der Waals surface area (Å²) in [6.07, 6.45) is -2.95. The molecule has 0 radical (unpaired) electrons.